The molecular weight excluding hydrogens is 577 g/mol. The van der Waals surface area contributed by atoms with Crippen LogP contribution in [0.3, 0.4) is 0 Å². The zero-order valence-electron chi connectivity index (χ0n) is 17.7. The van der Waals surface area contributed by atoms with Crippen molar-refractivity contribution in [2.24, 2.45) is 0 Å². The third kappa shape index (κ3) is 7.41. The van der Waals surface area contributed by atoms with Crippen LogP contribution >= 0.6 is 23.2 Å². The molecule has 2 amide bonds. The van der Waals surface area contributed by atoms with Gasteiger partial charge in [-0.2, -0.15) is 34.8 Å². The van der Waals surface area contributed by atoms with Crippen LogP contribution in [0.4, 0.5) is 42.5 Å². The Balaban J connectivity index is 1.93. The molecule has 7 nitrogen and oxygen atoms in total. The molecule has 0 heterocycles. The Kier molecular flexibility index (Phi) is 7.88. The van der Waals surface area contributed by atoms with Gasteiger partial charge in [0.05, 0.1) is 16.8 Å². The summed E-state index contributed by atoms with van der Waals surface area (Å²) < 4.78 is 117. The fourth-order valence-electron chi connectivity index (χ4n) is 2.89. The number of carbonyl (C=O) groups excluding carboxylic acids is 1. The van der Waals surface area contributed by atoms with Gasteiger partial charge in [-0.1, -0.05) is 23.2 Å². The van der Waals surface area contributed by atoms with E-state index < -0.39 is 56.0 Å². The van der Waals surface area contributed by atoms with Crippen molar-refractivity contribution in [2.45, 2.75) is 17.2 Å². The van der Waals surface area contributed by atoms with Crippen molar-refractivity contribution in [1.29, 1.82) is 0 Å². The number of halogens is 8. The molecule has 0 bridgehead atoms. The number of amides is 2. The highest BCUT2D eigenvalue weighted by molar-refractivity contribution is 7.86. The fraction of sp³-hybridized carbons (Fsp3) is 0.0952. The largest absolute Gasteiger partial charge is 0.454 e. The normalized spacial score (nSPS) is 12.2. The van der Waals surface area contributed by atoms with Gasteiger partial charge in [-0.05, 0) is 54.6 Å². The van der Waals surface area contributed by atoms with Crippen molar-refractivity contribution in [3.05, 3.63) is 75.8 Å². The van der Waals surface area contributed by atoms with Crippen LogP contribution in [0.1, 0.15) is 11.1 Å². The summed E-state index contributed by atoms with van der Waals surface area (Å²) in [6.07, 6.45) is -10.3. The molecule has 0 spiro atoms. The molecule has 198 valence electrons. The Hall–Kier alpha value is -3.20. The van der Waals surface area contributed by atoms with Gasteiger partial charge in [-0.25, -0.2) is 4.79 Å². The standard InChI is InChI=1S/C21H12Cl2F6N2O5S/c22-12-1-3-16(36-17-4-2-13(23)9-18(17)37(33,34)35)15(8-12)31-19(32)30-14-6-10(20(24,25)26)5-11(7-14)21(27,28)29/h1-9H,(H2,30,31,32)(H,33,34,35). The summed E-state index contributed by atoms with van der Waals surface area (Å²) in [5, 5.41) is 3.97. The van der Waals surface area contributed by atoms with Crippen LogP contribution in [-0.2, 0) is 22.5 Å². The second kappa shape index (κ2) is 10.3. The Bertz CT molecular complexity index is 1430. The Morgan fingerprint density at radius 2 is 1.30 bits per heavy atom. The molecule has 37 heavy (non-hydrogen) atoms. The number of urea groups is 1. The lowest BCUT2D eigenvalue weighted by atomic mass is 10.1. The number of carbonyl (C=O) groups is 1. The van der Waals surface area contributed by atoms with Crippen molar-refractivity contribution >= 4 is 50.7 Å². The van der Waals surface area contributed by atoms with Crippen molar-refractivity contribution in [2.75, 3.05) is 10.6 Å². The molecule has 3 rings (SSSR count). The van der Waals surface area contributed by atoms with E-state index in [2.05, 4.69) is 5.32 Å². The molecule has 3 aromatic carbocycles. The van der Waals surface area contributed by atoms with E-state index in [1.807, 2.05) is 5.32 Å². The average molecular weight is 589 g/mol. The van der Waals surface area contributed by atoms with Crippen LogP contribution in [0.5, 0.6) is 11.5 Å². The first-order valence-electron chi connectivity index (χ1n) is 9.55. The molecule has 3 N–H and O–H groups in total. The number of benzene rings is 3. The summed E-state index contributed by atoms with van der Waals surface area (Å²) in [6.45, 7) is 0. The van der Waals surface area contributed by atoms with Gasteiger partial charge in [0.1, 0.15) is 10.6 Å². The number of nitrogens with one attached hydrogen (secondary N) is 2. The van der Waals surface area contributed by atoms with Gasteiger partial charge in [0.2, 0.25) is 0 Å². The van der Waals surface area contributed by atoms with Crippen LogP contribution in [0.2, 0.25) is 10.0 Å². The molecule has 0 atom stereocenters. The highest BCUT2D eigenvalue weighted by Crippen LogP contribution is 2.39. The third-order valence-electron chi connectivity index (χ3n) is 4.44. The summed E-state index contributed by atoms with van der Waals surface area (Å²) >= 11 is 11.6. The maximum Gasteiger partial charge on any atom is 0.416 e. The van der Waals surface area contributed by atoms with Gasteiger partial charge < -0.3 is 15.4 Å². The molecule has 0 saturated carbocycles. The second-order valence-corrected chi connectivity index (χ2v) is 9.45. The summed E-state index contributed by atoms with van der Waals surface area (Å²) in [5.41, 5.74) is -4.38. The molecule has 0 aliphatic heterocycles. The number of hydrogen-bond donors (Lipinski definition) is 3. The molecule has 0 aliphatic rings. The Morgan fingerprint density at radius 1 is 0.784 bits per heavy atom. The first kappa shape index (κ1) is 28.4. The Morgan fingerprint density at radius 3 is 1.81 bits per heavy atom. The van der Waals surface area contributed by atoms with E-state index in [0.29, 0.717) is 12.1 Å². The Labute approximate surface area is 214 Å². The molecule has 0 radical (unpaired) electrons. The quantitative estimate of drug-likeness (QED) is 0.209. The van der Waals surface area contributed by atoms with Gasteiger partial charge in [-0.3, -0.25) is 4.55 Å². The van der Waals surface area contributed by atoms with E-state index in [-0.39, 0.29) is 27.5 Å². The van der Waals surface area contributed by atoms with Crippen LogP contribution in [0.15, 0.2) is 59.5 Å². The first-order valence-corrected chi connectivity index (χ1v) is 11.7. The van der Waals surface area contributed by atoms with Gasteiger partial charge in [0.25, 0.3) is 10.1 Å². The molecule has 3 aromatic rings. The number of rotatable bonds is 5. The second-order valence-electron chi connectivity index (χ2n) is 7.18. The average Bonchev–Trinajstić information content (AvgIpc) is 2.74. The summed E-state index contributed by atoms with van der Waals surface area (Å²) in [6, 6.07) is 5.96. The van der Waals surface area contributed by atoms with Crippen LogP contribution < -0.4 is 15.4 Å². The third-order valence-corrected chi connectivity index (χ3v) is 5.78. The number of alkyl halides is 6. The number of anilines is 2. The molecular formula is C21H12Cl2F6N2O5S. The zero-order chi connectivity index (χ0) is 27.8. The SMILES string of the molecule is O=C(Nc1cc(C(F)(F)F)cc(C(F)(F)F)c1)Nc1cc(Cl)ccc1Oc1ccc(Cl)cc1S(=O)(=O)O. The van der Waals surface area contributed by atoms with Gasteiger partial charge in [0, 0.05) is 15.7 Å². The summed E-state index contributed by atoms with van der Waals surface area (Å²) in [5.74, 6) is -0.683. The maximum absolute atomic E-state index is 13.1. The lowest BCUT2D eigenvalue weighted by molar-refractivity contribution is -0.143. The van der Waals surface area contributed by atoms with Crippen molar-refractivity contribution in [3.63, 3.8) is 0 Å². The lowest BCUT2D eigenvalue weighted by Gasteiger charge is -2.16. The molecule has 0 saturated heterocycles. The highest BCUT2D eigenvalue weighted by Gasteiger charge is 2.37. The van der Waals surface area contributed by atoms with Gasteiger partial charge in [-0.15, -0.1) is 0 Å². The van der Waals surface area contributed by atoms with Gasteiger partial charge in [0.15, 0.2) is 5.75 Å². The summed E-state index contributed by atoms with van der Waals surface area (Å²) in [7, 11) is -4.81. The molecule has 16 heteroatoms. The topological polar surface area (TPSA) is 105 Å². The predicted molar refractivity (Wildman–Crippen MR) is 122 cm³/mol. The van der Waals surface area contributed by atoms with Crippen LogP contribution in [-0.4, -0.2) is 19.0 Å². The predicted octanol–water partition coefficient (Wildman–Crippen LogP) is 7.71. The lowest BCUT2D eigenvalue weighted by Crippen LogP contribution is -2.21. The zero-order valence-corrected chi connectivity index (χ0v) is 20.0. The minimum absolute atomic E-state index is 0.0205. The maximum atomic E-state index is 13.1. The van der Waals surface area contributed by atoms with Gasteiger partial charge >= 0.3 is 18.4 Å². The van der Waals surface area contributed by atoms with E-state index in [9.17, 15) is 44.1 Å². The highest BCUT2D eigenvalue weighted by atomic mass is 35.5. The minimum Gasteiger partial charge on any atom is -0.454 e. The molecule has 0 fully saturated rings. The van der Waals surface area contributed by atoms with Crippen molar-refractivity contribution in [1.82, 2.24) is 0 Å². The molecule has 0 aromatic heterocycles. The first-order chi connectivity index (χ1) is 16.9. The fourth-order valence-corrected chi connectivity index (χ4v) is 3.94. The van der Waals surface area contributed by atoms with Crippen LogP contribution in [0, 0.1) is 0 Å². The molecule has 0 aliphatic carbocycles. The van der Waals surface area contributed by atoms with Crippen LogP contribution in [0.25, 0.3) is 0 Å². The number of ether oxygens (including phenoxy) is 1. The smallest absolute Gasteiger partial charge is 0.416 e. The van der Waals surface area contributed by atoms with E-state index in [4.69, 9.17) is 27.9 Å². The van der Waals surface area contributed by atoms with Crippen molar-refractivity contribution in [3.8, 4) is 11.5 Å². The van der Waals surface area contributed by atoms with E-state index in [1.165, 1.54) is 18.2 Å². The van der Waals surface area contributed by atoms with E-state index in [1.54, 1.807) is 0 Å². The van der Waals surface area contributed by atoms with E-state index >= 15 is 0 Å². The minimum atomic E-state index is -5.13. The monoisotopic (exact) mass is 588 g/mol. The number of hydrogen-bond acceptors (Lipinski definition) is 4. The molecule has 0 unspecified atom stereocenters. The van der Waals surface area contributed by atoms with Crippen molar-refractivity contribution < 1.29 is 48.8 Å². The van der Waals surface area contributed by atoms with E-state index in [0.717, 1.165) is 18.2 Å². The summed E-state index contributed by atoms with van der Waals surface area (Å²) in [4.78, 5) is 11.7.